The highest BCUT2D eigenvalue weighted by Crippen LogP contribution is 2.48. The first-order valence-electron chi connectivity index (χ1n) is 14.4. The molecule has 0 N–H and O–H groups in total. The van der Waals surface area contributed by atoms with Gasteiger partial charge in [-0.2, -0.15) is 0 Å². The maximum atomic E-state index is 2.53. The topological polar surface area (TPSA) is 6.48 Å². The second-order valence-corrected chi connectivity index (χ2v) is 13.4. The van der Waals surface area contributed by atoms with Crippen molar-refractivity contribution in [3.05, 3.63) is 126 Å². The molecule has 1 aromatic heterocycles. The largest absolute Gasteiger partial charge is 0.311 e. The van der Waals surface area contributed by atoms with Crippen molar-refractivity contribution in [3.63, 3.8) is 0 Å². The van der Waals surface area contributed by atoms with Gasteiger partial charge in [0, 0.05) is 43.3 Å². The van der Waals surface area contributed by atoms with E-state index in [0.717, 1.165) is 0 Å². The third-order valence-electron chi connectivity index (χ3n) is 8.73. The van der Waals surface area contributed by atoms with Crippen molar-refractivity contribution in [1.29, 1.82) is 0 Å². The Kier molecular flexibility index (Phi) is 5.30. The standard InChI is InChI=1S/C37H31BN2S/c1-24-13-8-10-17-29(24)40-30-18-11-9-16-28(30)38-34-31(19-12-20-32(34)40)39(26-14-6-5-7-15-26)35-27-23-25(37(2,3)4)21-22-33(27)41-36(35)38/h5-23H,1-4H3. The van der Waals surface area contributed by atoms with E-state index >= 15 is 0 Å². The molecule has 2 nitrogen and oxygen atoms in total. The fraction of sp³-hybridized carbons (Fsp3) is 0.135. The van der Waals surface area contributed by atoms with Crippen LogP contribution in [0.15, 0.2) is 115 Å². The third-order valence-corrected chi connectivity index (χ3v) is 9.95. The summed E-state index contributed by atoms with van der Waals surface area (Å²) in [7, 11) is 0. The SMILES string of the molecule is Cc1ccccc1N1c2ccccc2B2c3sc4ccc(C(C)(C)C)cc4c3N(c3ccccc3)c3cccc1c32. The van der Waals surface area contributed by atoms with Gasteiger partial charge in [-0.15, -0.1) is 11.3 Å². The lowest BCUT2D eigenvalue weighted by Gasteiger charge is -2.43. The average Bonchev–Trinajstić information content (AvgIpc) is 3.36. The molecule has 0 atom stereocenters. The number of anilines is 6. The van der Waals surface area contributed by atoms with Crippen LogP contribution in [-0.2, 0) is 5.41 Å². The fourth-order valence-corrected chi connectivity index (χ4v) is 8.05. The Labute approximate surface area is 246 Å². The Morgan fingerprint density at radius 1 is 0.634 bits per heavy atom. The summed E-state index contributed by atoms with van der Waals surface area (Å²) in [6, 6.07) is 42.7. The third kappa shape index (κ3) is 3.57. The van der Waals surface area contributed by atoms with Gasteiger partial charge in [0.25, 0.3) is 6.71 Å². The minimum Gasteiger partial charge on any atom is -0.311 e. The van der Waals surface area contributed by atoms with Crippen LogP contribution in [0.1, 0.15) is 31.9 Å². The summed E-state index contributed by atoms with van der Waals surface area (Å²) in [5.74, 6) is 0. The highest BCUT2D eigenvalue weighted by molar-refractivity contribution is 7.33. The van der Waals surface area contributed by atoms with Crippen LogP contribution < -0.4 is 25.5 Å². The van der Waals surface area contributed by atoms with Gasteiger partial charge >= 0.3 is 0 Å². The van der Waals surface area contributed by atoms with Crippen LogP contribution in [0.3, 0.4) is 0 Å². The van der Waals surface area contributed by atoms with Crippen molar-refractivity contribution in [2.45, 2.75) is 33.1 Å². The molecule has 5 aromatic carbocycles. The monoisotopic (exact) mass is 546 g/mol. The van der Waals surface area contributed by atoms with Crippen molar-refractivity contribution >= 4 is 78.0 Å². The van der Waals surface area contributed by atoms with Gasteiger partial charge in [-0.3, -0.25) is 0 Å². The van der Waals surface area contributed by atoms with E-state index in [0.29, 0.717) is 0 Å². The Morgan fingerprint density at radius 2 is 1.29 bits per heavy atom. The average molecular weight is 547 g/mol. The molecule has 0 saturated heterocycles. The zero-order chi connectivity index (χ0) is 27.9. The second kappa shape index (κ2) is 8.86. The first-order chi connectivity index (χ1) is 19.9. The zero-order valence-electron chi connectivity index (χ0n) is 23.8. The molecule has 0 spiro atoms. The number of para-hydroxylation sites is 3. The van der Waals surface area contributed by atoms with Crippen molar-refractivity contribution in [2.75, 3.05) is 9.80 Å². The van der Waals surface area contributed by atoms with Crippen LogP contribution in [-0.4, -0.2) is 6.71 Å². The van der Waals surface area contributed by atoms with Crippen molar-refractivity contribution < 1.29 is 0 Å². The summed E-state index contributed by atoms with van der Waals surface area (Å²) in [5.41, 5.74) is 13.0. The number of hydrogen-bond donors (Lipinski definition) is 0. The van der Waals surface area contributed by atoms with Crippen LogP contribution in [0.2, 0.25) is 0 Å². The lowest BCUT2D eigenvalue weighted by molar-refractivity contribution is 0.591. The van der Waals surface area contributed by atoms with Crippen LogP contribution in [0, 0.1) is 6.92 Å². The molecule has 0 saturated carbocycles. The number of benzene rings is 5. The molecule has 6 aromatic rings. The van der Waals surface area contributed by atoms with E-state index in [1.807, 2.05) is 11.3 Å². The molecule has 2 aliphatic rings. The highest BCUT2D eigenvalue weighted by atomic mass is 32.1. The summed E-state index contributed by atoms with van der Waals surface area (Å²) in [5, 5.41) is 1.34. The molecular weight excluding hydrogens is 515 g/mol. The smallest absolute Gasteiger partial charge is 0.264 e. The summed E-state index contributed by atoms with van der Waals surface area (Å²) >= 11 is 1.96. The molecule has 0 fully saturated rings. The normalized spacial score (nSPS) is 13.7. The number of aryl methyl sites for hydroxylation is 1. The summed E-state index contributed by atoms with van der Waals surface area (Å²) < 4.78 is 2.77. The Bertz CT molecular complexity index is 1970. The number of hydrogen-bond acceptors (Lipinski definition) is 3. The lowest BCUT2D eigenvalue weighted by Crippen LogP contribution is -2.60. The first kappa shape index (κ1) is 24.5. The summed E-state index contributed by atoms with van der Waals surface area (Å²) in [6.45, 7) is 9.30. The van der Waals surface area contributed by atoms with Crippen LogP contribution in [0.4, 0.5) is 34.1 Å². The predicted octanol–water partition coefficient (Wildman–Crippen LogP) is 8.59. The van der Waals surface area contributed by atoms with E-state index in [-0.39, 0.29) is 12.1 Å². The number of thiophene rings is 1. The minimum atomic E-state index is 0.0752. The molecule has 3 heterocycles. The van der Waals surface area contributed by atoms with E-state index in [2.05, 4.69) is 153 Å². The Hall–Kier alpha value is -4.28. The van der Waals surface area contributed by atoms with Gasteiger partial charge in [0.05, 0.1) is 5.69 Å². The fourth-order valence-electron chi connectivity index (χ4n) is 6.76. The molecule has 41 heavy (non-hydrogen) atoms. The van der Waals surface area contributed by atoms with Gasteiger partial charge in [0.1, 0.15) is 0 Å². The highest BCUT2D eigenvalue weighted by Gasteiger charge is 2.45. The molecule has 198 valence electrons. The van der Waals surface area contributed by atoms with Crippen LogP contribution in [0.5, 0.6) is 0 Å². The number of fused-ring (bicyclic) bond motifs is 6. The maximum Gasteiger partial charge on any atom is 0.264 e. The second-order valence-electron chi connectivity index (χ2n) is 12.3. The lowest BCUT2D eigenvalue weighted by atomic mass is 9.36. The van der Waals surface area contributed by atoms with Gasteiger partial charge in [0.2, 0.25) is 0 Å². The van der Waals surface area contributed by atoms with Crippen LogP contribution in [0.25, 0.3) is 10.1 Å². The van der Waals surface area contributed by atoms with Crippen molar-refractivity contribution in [1.82, 2.24) is 0 Å². The molecule has 0 bridgehead atoms. The maximum absolute atomic E-state index is 2.53. The van der Waals surface area contributed by atoms with E-state index in [9.17, 15) is 0 Å². The van der Waals surface area contributed by atoms with E-state index in [1.165, 1.54) is 71.0 Å². The zero-order valence-corrected chi connectivity index (χ0v) is 24.7. The first-order valence-corrected chi connectivity index (χ1v) is 15.2. The molecular formula is C37H31BN2S. The van der Waals surface area contributed by atoms with E-state index in [4.69, 9.17) is 0 Å². The molecule has 0 unspecified atom stereocenters. The quantitative estimate of drug-likeness (QED) is 0.200. The summed E-state index contributed by atoms with van der Waals surface area (Å²) in [4.78, 5) is 5.01. The van der Waals surface area contributed by atoms with Gasteiger partial charge in [-0.05, 0) is 82.9 Å². The van der Waals surface area contributed by atoms with Gasteiger partial charge in [-0.25, -0.2) is 0 Å². The molecule has 0 radical (unpaired) electrons. The predicted molar refractivity (Wildman–Crippen MR) is 179 cm³/mol. The number of nitrogens with zero attached hydrogens (tertiary/aromatic N) is 2. The molecule has 0 aliphatic carbocycles. The molecule has 2 aliphatic heterocycles. The van der Waals surface area contributed by atoms with Gasteiger partial charge < -0.3 is 9.80 Å². The minimum absolute atomic E-state index is 0.0752. The van der Waals surface area contributed by atoms with Crippen molar-refractivity contribution in [2.24, 2.45) is 0 Å². The van der Waals surface area contributed by atoms with E-state index < -0.39 is 0 Å². The van der Waals surface area contributed by atoms with E-state index in [1.54, 1.807) is 0 Å². The Balaban J connectivity index is 1.49. The van der Waals surface area contributed by atoms with Gasteiger partial charge in [-0.1, -0.05) is 87.5 Å². The van der Waals surface area contributed by atoms with Gasteiger partial charge in [0.15, 0.2) is 0 Å². The Morgan fingerprint density at radius 3 is 2.05 bits per heavy atom. The van der Waals surface area contributed by atoms with Crippen molar-refractivity contribution in [3.8, 4) is 0 Å². The molecule has 8 rings (SSSR count). The van der Waals surface area contributed by atoms with Crippen LogP contribution >= 0.6 is 11.3 Å². The summed E-state index contributed by atoms with van der Waals surface area (Å²) in [6.07, 6.45) is 0. The molecule has 4 heteroatoms. The molecule has 0 amide bonds. The number of rotatable bonds is 2.